The van der Waals surface area contributed by atoms with E-state index in [4.69, 9.17) is 0 Å². The van der Waals surface area contributed by atoms with E-state index in [1.165, 1.54) is 84.9 Å². The maximum Gasteiger partial charge on any atom is 0.323 e. The highest BCUT2D eigenvalue weighted by Gasteiger charge is 2.21. The van der Waals surface area contributed by atoms with Crippen molar-refractivity contribution in [3.8, 4) is 11.5 Å². The van der Waals surface area contributed by atoms with Crippen molar-refractivity contribution in [1.82, 2.24) is 0 Å². The fourth-order valence-corrected chi connectivity index (χ4v) is 8.51. The molecule has 0 aliphatic carbocycles. The minimum Gasteiger partial charge on any atom is -0.507 e. The highest BCUT2D eigenvalue weighted by molar-refractivity contribution is 7.93. The van der Waals surface area contributed by atoms with Gasteiger partial charge in [-0.15, -0.1) is 0 Å². The van der Waals surface area contributed by atoms with E-state index in [1.54, 1.807) is 0 Å². The number of urea groups is 1. The highest BCUT2D eigenvalue weighted by Crippen LogP contribution is 2.36. The molecule has 6 aromatic rings. The summed E-state index contributed by atoms with van der Waals surface area (Å²) in [6.07, 6.45) is 0. The summed E-state index contributed by atoms with van der Waals surface area (Å²) in [7, 11) is -18.0. The number of sulfonamides is 2. The number of rotatable bonds is 10. The van der Waals surface area contributed by atoms with Crippen LogP contribution >= 0.6 is 0 Å². The highest BCUT2D eigenvalue weighted by atomic mass is 32.2. The van der Waals surface area contributed by atoms with Gasteiger partial charge in [-0.05, 0) is 72.8 Å². The van der Waals surface area contributed by atoms with Gasteiger partial charge >= 0.3 is 6.03 Å². The van der Waals surface area contributed by atoms with Gasteiger partial charge in [-0.2, -0.15) is 16.8 Å². The van der Waals surface area contributed by atoms with Gasteiger partial charge in [-0.25, -0.2) is 21.6 Å². The van der Waals surface area contributed by atoms with Gasteiger partial charge < -0.3 is 20.8 Å². The van der Waals surface area contributed by atoms with E-state index in [0.717, 1.165) is 24.3 Å². The van der Waals surface area contributed by atoms with Gasteiger partial charge in [0.1, 0.15) is 11.5 Å². The van der Waals surface area contributed by atoms with Gasteiger partial charge in [0.2, 0.25) is 0 Å². The monoisotopic (exact) mass is 814 g/mol. The molecule has 2 amide bonds. The maximum absolute atomic E-state index is 13.2. The van der Waals surface area contributed by atoms with Crippen LogP contribution < -0.4 is 20.1 Å². The Balaban J connectivity index is 1.12. The SMILES string of the molecule is O=C(Nc1ccc(S(=O)(=O)Nc2cccc3c(O)cc(S(=O)(=O)O)cc23)cc1)Nc1ccc(S(=O)(=O)Nc2cccc3c(O)cc(S(=O)(=O)O)cc23)cc1. The quantitative estimate of drug-likeness (QED) is 0.0833. The molecule has 6 aromatic carbocycles. The Kier molecular flexibility index (Phi) is 9.64. The number of phenols is 2. The van der Waals surface area contributed by atoms with Crippen LogP contribution in [0.5, 0.6) is 11.5 Å². The lowest BCUT2D eigenvalue weighted by atomic mass is 10.1. The van der Waals surface area contributed by atoms with Crippen molar-refractivity contribution in [3.05, 3.63) is 109 Å². The molecule has 280 valence electrons. The molecule has 0 spiro atoms. The first-order valence-corrected chi connectivity index (χ1v) is 20.9. The van der Waals surface area contributed by atoms with E-state index in [0.29, 0.717) is 0 Å². The smallest absolute Gasteiger partial charge is 0.323 e. The van der Waals surface area contributed by atoms with Crippen molar-refractivity contribution in [2.45, 2.75) is 19.6 Å². The Morgan fingerprint density at radius 1 is 0.444 bits per heavy atom. The largest absolute Gasteiger partial charge is 0.507 e. The van der Waals surface area contributed by atoms with Crippen LogP contribution in [0.3, 0.4) is 0 Å². The van der Waals surface area contributed by atoms with Crippen molar-refractivity contribution < 1.29 is 57.8 Å². The third-order valence-electron chi connectivity index (χ3n) is 7.82. The van der Waals surface area contributed by atoms with E-state index in [-0.39, 0.29) is 54.1 Å². The third-order valence-corrected chi connectivity index (χ3v) is 12.3. The molecule has 8 N–H and O–H groups in total. The van der Waals surface area contributed by atoms with Crippen LogP contribution in [-0.2, 0) is 40.3 Å². The average Bonchev–Trinajstić information content (AvgIpc) is 3.08. The first-order chi connectivity index (χ1) is 25.2. The predicted octanol–water partition coefficient (Wildman–Crippen LogP) is 5.14. The predicted molar refractivity (Wildman–Crippen MR) is 198 cm³/mol. The lowest BCUT2D eigenvalue weighted by molar-refractivity contribution is 0.262. The fraction of sp³-hybridized carbons (Fsp3) is 0. The summed E-state index contributed by atoms with van der Waals surface area (Å²) in [5.74, 6) is -1.01. The molecule has 0 atom stereocenters. The summed E-state index contributed by atoms with van der Waals surface area (Å²) in [4.78, 5) is 10.9. The average molecular weight is 815 g/mol. The summed E-state index contributed by atoms with van der Waals surface area (Å²) in [5, 5.41) is 25.7. The fourth-order valence-electron chi connectivity index (χ4n) is 5.29. The van der Waals surface area contributed by atoms with E-state index in [1.807, 2.05) is 0 Å². The summed E-state index contributed by atoms with van der Waals surface area (Å²) in [6, 6.07) is 21.1. The molecule has 6 rings (SSSR count). The number of phenolic OH excluding ortho intramolecular Hbond substituents is 2. The zero-order chi connectivity index (χ0) is 39.2. The zero-order valence-corrected chi connectivity index (χ0v) is 30.3. The molecule has 0 saturated heterocycles. The van der Waals surface area contributed by atoms with Crippen LogP contribution in [0.15, 0.2) is 129 Å². The number of carbonyl (C=O) groups excluding carboxylic acids is 1. The Bertz CT molecular complexity index is 2740. The molecular weight excluding hydrogens is 789 g/mol. The number of hydrogen-bond donors (Lipinski definition) is 8. The molecule has 0 aliphatic heterocycles. The Labute approximate surface area is 307 Å². The summed E-state index contributed by atoms with van der Waals surface area (Å²) < 4.78 is 123. The zero-order valence-electron chi connectivity index (χ0n) is 27.0. The van der Waals surface area contributed by atoms with Gasteiger partial charge in [0, 0.05) is 45.1 Å². The normalized spacial score (nSPS) is 12.3. The minimum absolute atomic E-state index is 0.00613. The van der Waals surface area contributed by atoms with E-state index < -0.39 is 67.6 Å². The first kappa shape index (κ1) is 37.8. The molecule has 54 heavy (non-hydrogen) atoms. The van der Waals surface area contributed by atoms with E-state index >= 15 is 0 Å². The molecule has 0 aliphatic rings. The summed E-state index contributed by atoms with van der Waals surface area (Å²) in [5.41, 5.74) is 0.155. The number of fused-ring (bicyclic) bond motifs is 2. The minimum atomic E-state index is -4.73. The Morgan fingerprint density at radius 2 is 0.796 bits per heavy atom. The van der Waals surface area contributed by atoms with Crippen LogP contribution in [0.4, 0.5) is 27.5 Å². The van der Waals surface area contributed by atoms with Crippen LogP contribution in [0.25, 0.3) is 21.5 Å². The molecular formula is C33H26N4O13S4. The number of amides is 2. The van der Waals surface area contributed by atoms with Crippen molar-refractivity contribution in [1.29, 1.82) is 0 Å². The Morgan fingerprint density at radius 3 is 1.13 bits per heavy atom. The van der Waals surface area contributed by atoms with Crippen molar-refractivity contribution in [2.24, 2.45) is 0 Å². The number of nitrogens with one attached hydrogen (secondary N) is 4. The molecule has 0 fully saturated rings. The molecule has 17 nitrogen and oxygen atoms in total. The van der Waals surface area contributed by atoms with Gasteiger partial charge in [-0.1, -0.05) is 24.3 Å². The second-order valence-electron chi connectivity index (χ2n) is 11.5. The maximum atomic E-state index is 13.2. The molecule has 21 heteroatoms. The lowest BCUT2D eigenvalue weighted by Crippen LogP contribution is -2.20. The molecule has 0 unspecified atom stereocenters. The van der Waals surface area contributed by atoms with Crippen molar-refractivity contribution in [2.75, 3.05) is 20.1 Å². The van der Waals surface area contributed by atoms with Crippen LogP contribution in [-0.4, -0.2) is 59.0 Å². The van der Waals surface area contributed by atoms with Crippen LogP contribution in [0.2, 0.25) is 0 Å². The van der Waals surface area contributed by atoms with Gasteiger partial charge in [-0.3, -0.25) is 18.5 Å². The number of benzene rings is 6. The van der Waals surface area contributed by atoms with E-state index in [9.17, 15) is 57.8 Å². The Hall–Kier alpha value is -5.97. The van der Waals surface area contributed by atoms with Gasteiger partial charge in [0.25, 0.3) is 40.3 Å². The molecule has 0 bridgehead atoms. The summed E-state index contributed by atoms with van der Waals surface area (Å²) in [6.45, 7) is 0. The number of hydrogen-bond acceptors (Lipinski definition) is 11. The number of anilines is 4. The van der Waals surface area contributed by atoms with E-state index in [2.05, 4.69) is 20.1 Å². The topological polar surface area (TPSA) is 283 Å². The van der Waals surface area contributed by atoms with Crippen molar-refractivity contribution >= 4 is 90.6 Å². The molecule has 0 aromatic heterocycles. The summed E-state index contributed by atoms with van der Waals surface area (Å²) >= 11 is 0. The molecule has 0 heterocycles. The standard InChI is InChI=1S/C33H26N4O13S4/c38-31-17-23(53(45,46)47)15-27-25(31)3-1-5-29(27)36-51(41,42)21-11-7-19(8-12-21)34-33(40)35-20-9-13-22(14-10-20)52(43,44)37-30-6-2-4-26-28(30)16-24(18-32(26)39)54(48,49)50/h1-18,36-39H,(H2,34,35,40)(H,45,46,47)(H,48,49,50). The third kappa shape index (κ3) is 8.00. The van der Waals surface area contributed by atoms with Crippen LogP contribution in [0, 0.1) is 0 Å². The number of aromatic hydroxyl groups is 2. The lowest BCUT2D eigenvalue weighted by Gasteiger charge is -2.13. The second-order valence-corrected chi connectivity index (χ2v) is 17.7. The van der Waals surface area contributed by atoms with Gasteiger partial charge in [0.15, 0.2) is 0 Å². The first-order valence-electron chi connectivity index (χ1n) is 15.0. The molecule has 0 saturated carbocycles. The van der Waals surface area contributed by atoms with Crippen molar-refractivity contribution in [3.63, 3.8) is 0 Å². The second kappa shape index (κ2) is 13.8. The number of carbonyl (C=O) groups is 1. The van der Waals surface area contributed by atoms with Gasteiger partial charge in [0.05, 0.1) is 31.0 Å². The molecule has 0 radical (unpaired) electrons. The van der Waals surface area contributed by atoms with Crippen LogP contribution in [0.1, 0.15) is 0 Å².